The lowest BCUT2D eigenvalue weighted by atomic mass is 10.0. The Bertz CT molecular complexity index is 416. The summed E-state index contributed by atoms with van der Waals surface area (Å²) in [6.45, 7) is 3.14. The fourth-order valence-electron chi connectivity index (χ4n) is 1.85. The summed E-state index contributed by atoms with van der Waals surface area (Å²) in [7, 11) is 0. The van der Waals surface area contributed by atoms with E-state index in [4.69, 9.17) is 18.9 Å². The highest BCUT2D eigenvalue weighted by molar-refractivity contribution is 9.09. The summed E-state index contributed by atoms with van der Waals surface area (Å²) in [4.78, 5) is 32.1. The molecule has 0 saturated carbocycles. The molecule has 0 radical (unpaired) electrons. The van der Waals surface area contributed by atoms with Crippen LogP contribution in [0.4, 0.5) is 4.39 Å². The van der Waals surface area contributed by atoms with Crippen molar-refractivity contribution in [2.75, 3.05) is 6.61 Å². The minimum atomic E-state index is -1.82. The highest BCUT2D eigenvalue weighted by Gasteiger charge is 2.49. The number of esters is 3. The SMILES string of the molecule is CC(=O)OC[C@H]1O[C@@H](F)[C@H](Br)[C@@H](OC(C)=O)[C@@H]1OC(C)=O. The highest BCUT2D eigenvalue weighted by Crippen LogP contribution is 2.31. The Hall–Kier alpha value is -1.22. The topological polar surface area (TPSA) is 88.1 Å². The lowest BCUT2D eigenvalue weighted by molar-refractivity contribution is -0.230. The zero-order chi connectivity index (χ0) is 16.2. The third kappa shape index (κ3) is 5.24. The average Bonchev–Trinajstić information content (AvgIpc) is 2.35. The molecule has 0 aromatic carbocycles. The van der Waals surface area contributed by atoms with Crippen molar-refractivity contribution in [3.05, 3.63) is 0 Å². The molecular weight excluding hydrogens is 355 g/mol. The third-order valence-electron chi connectivity index (χ3n) is 2.61. The maximum absolute atomic E-state index is 13.8. The van der Waals surface area contributed by atoms with Gasteiger partial charge in [-0.3, -0.25) is 14.4 Å². The van der Waals surface area contributed by atoms with Gasteiger partial charge in [0.15, 0.2) is 12.2 Å². The van der Waals surface area contributed by atoms with Crippen molar-refractivity contribution in [2.24, 2.45) is 0 Å². The summed E-state index contributed by atoms with van der Waals surface area (Å²) < 4.78 is 33.6. The number of ether oxygens (including phenoxy) is 4. The van der Waals surface area contributed by atoms with Crippen LogP contribution in [-0.4, -0.2) is 54.0 Å². The van der Waals surface area contributed by atoms with Crippen LogP contribution in [0.1, 0.15) is 20.8 Å². The fourth-order valence-corrected chi connectivity index (χ4v) is 2.39. The fraction of sp³-hybridized carbons (Fsp3) is 0.750. The number of carbonyl (C=O) groups is 3. The first-order chi connectivity index (χ1) is 9.72. The smallest absolute Gasteiger partial charge is 0.303 e. The zero-order valence-corrected chi connectivity index (χ0v) is 13.3. The molecule has 0 aromatic rings. The van der Waals surface area contributed by atoms with Gasteiger partial charge in [0.25, 0.3) is 0 Å². The van der Waals surface area contributed by atoms with Crippen LogP contribution in [0.5, 0.6) is 0 Å². The molecule has 0 amide bonds. The molecule has 0 aliphatic carbocycles. The van der Waals surface area contributed by atoms with E-state index < -0.39 is 47.4 Å². The first-order valence-electron chi connectivity index (χ1n) is 6.13. The summed E-state index contributed by atoms with van der Waals surface area (Å²) in [6, 6.07) is 0. The van der Waals surface area contributed by atoms with Gasteiger partial charge in [-0.05, 0) is 0 Å². The van der Waals surface area contributed by atoms with Gasteiger partial charge in [-0.15, -0.1) is 0 Å². The second-order valence-corrected chi connectivity index (χ2v) is 5.48. The monoisotopic (exact) mass is 370 g/mol. The molecule has 0 bridgehead atoms. The Morgan fingerprint density at radius 3 is 2.05 bits per heavy atom. The Kier molecular flexibility index (Phi) is 6.53. The molecular formula is C12H16BrFO7. The van der Waals surface area contributed by atoms with Crippen molar-refractivity contribution < 1.29 is 37.7 Å². The van der Waals surface area contributed by atoms with Crippen molar-refractivity contribution in [2.45, 2.75) is 50.3 Å². The summed E-state index contributed by atoms with van der Waals surface area (Å²) in [5.74, 6) is -1.92. The van der Waals surface area contributed by atoms with Gasteiger partial charge in [-0.1, -0.05) is 15.9 Å². The molecule has 1 heterocycles. The molecule has 120 valence electrons. The summed E-state index contributed by atoms with van der Waals surface area (Å²) >= 11 is 3.01. The van der Waals surface area contributed by atoms with Crippen LogP contribution in [0.2, 0.25) is 0 Å². The first-order valence-corrected chi connectivity index (χ1v) is 7.05. The van der Waals surface area contributed by atoms with E-state index in [0.29, 0.717) is 0 Å². The summed E-state index contributed by atoms with van der Waals surface area (Å²) in [5.41, 5.74) is 0. The number of rotatable bonds is 4. The van der Waals surface area contributed by atoms with Crippen molar-refractivity contribution >= 4 is 33.8 Å². The predicted molar refractivity (Wildman–Crippen MR) is 70.2 cm³/mol. The van der Waals surface area contributed by atoms with Gasteiger partial charge in [0.05, 0.1) is 0 Å². The quantitative estimate of drug-likeness (QED) is 0.412. The molecule has 0 spiro atoms. The number of alkyl halides is 2. The molecule has 5 atom stereocenters. The third-order valence-corrected chi connectivity index (χ3v) is 3.55. The first kappa shape index (κ1) is 17.8. The Balaban J connectivity index is 2.94. The molecule has 1 aliphatic rings. The van der Waals surface area contributed by atoms with Gasteiger partial charge in [0.1, 0.15) is 17.5 Å². The number of hydrogen-bond acceptors (Lipinski definition) is 7. The number of hydrogen-bond donors (Lipinski definition) is 0. The molecule has 0 unspecified atom stereocenters. The van der Waals surface area contributed by atoms with E-state index in [9.17, 15) is 18.8 Å². The van der Waals surface area contributed by atoms with Gasteiger partial charge in [0, 0.05) is 20.8 Å². The van der Waals surface area contributed by atoms with Crippen molar-refractivity contribution in [3.8, 4) is 0 Å². The second-order valence-electron chi connectivity index (χ2n) is 4.42. The van der Waals surface area contributed by atoms with E-state index in [2.05, 4.69) is 15.9 Å². The average molecular weight is 371 g/mol. The van der Waals surface area contributed by atoms with Gasteiger partial charge < -0.3 is 18.9 Å². The Morgan fingerprint density at radius 2 is 1.57 bits per heavy atom. The van der Waals surface area contributed by atoms with Crippen molar-refractivity contribution in [3.63, 3.8) is 0 Å². The van der Waals surface area contributed by atoms with E-state index in [-0.39, 0.29) is 6.61 Å². The summed E-state index contributed by atoms with van der Waals surface area (Å²) in [6.07, 6.45) is -5.09. The van der Waals surface area contributed by atoms with Crippen molar-refractivity contribution in [1.82, 2.24) is 0 Å². The molecule has 21 heavy (non-hydrogen) atoms. The van der Waals surface area contributed by atoms with E-state index in [1.54, 1.807) is 0 Å². The number of carbonyl (C=O) groups excluding carboxylic acids is 3. The minimum absolute atomic E-state index is 0.328. The maximum Gasteiger partial charge on any atom is 0.303 e. The van der Waals surface area contributed by atoms with Crippen LogP contribution >= 0.6 is 15.9 Å². The Morgan fingerprint density at radius 1 is 1.05 bits per heavy atom. The summed E-state index contributed by atoms with van der Waals surface area (Å²) in [5, 5.41) is 0. The molecule has 0 N–H and O–H groups in total. The molecule has 1 fully saturated rings. The van der Waals surface area contributed by atoms with Gasteiger partial charge >= 0.3 is 17.9 Å². The van der Waals surface area contributed by atoms with E-state index in [1.165, 1.54) is 6.92 Å². The zero-order valence-electron chi connectivity index (χ0n) is 11.7. The van der Waals surface area contributed by atoms with Gasteiger partial charge in [0.2, 0.25) is 6.36 Å². The molecule has 0 aromatic heterocycles. The minimum Gasteiger partial charge on any atom is -0.463 e. The number of halogens is 2. The standard InChI is InChI=1S/C12H16BrFO7/c1-5(15)18-4-8-10(19-6(2)16)11(20-7(3)17)9(13)12(14)21-8/h8-12H,4H2,1-3H3/t8-,9-,10-,11-,12-/m1/s1. The molecule has 7 nitrogen and oxygen atoms in total. The van der Waals surface area contributed by atoms with Crippen LogP contribution < -0.4 is 0 Å². The van der Waals surface area contributed by atoms with Crippen LogP contribution in [0.25, 0.3) is 0 Å². The predicted octanol–water partition coefficient (Wildman–Crippen LogP) is 0.871. The van der Waals surface area contributed by atoms with Crippen LogP contribution in [-0.2, 0) is 33.3 Å². The van der Waals surface area contributed by atoms with Crippen LogP contribution in [0.3, 0.4) is 0 Å². The molecule has 1 saturated heterocycles. The molecule has 9 heteroatoms. The Labute approximate surface area is 129 Å². The lowest BCUT2D eigenvalue weighted by Gasteiger charge is -2.40. The van der Waals surface area contributed by atoms with Gasteiger partial charge in [-0.25, -0.2) is 4.39 Å². The lowest BCUT2D eigenvalue weighted by Crippen LogP contribution is -2.58. The van der Waals surface area contributed by atoms with Gasteiger partial charge in [-0.2, -0.15) is 0 Å². The van der Waals surface area contributed by atoms with E-state index in [1.807, 2.05) is 0 Å². The molecule has 1 aliphatic heterocycles. The van der Waals surface area contributed by atoms with E-state index in [0.717, 1.165) is 13.8 Å². The van der Waals surface area contributed by atoms with Crippen molar-refractivity contribution in [1.29, 1.82) is 0 Å². The highest BCUT2D eigenvalue weighted by atomic mass is 79.9. The van der Waals surface area contributed by atoms with E-state index >= 15 is 0 Å². The second kappa shape index (κ2) is 7.69. The largest absolute Gasteiger partial charge is 0.463 e. The van der Waals surface area contributed by atoms with Crippen LogP contribution in [0, 0.1) is 0 Å². The normalized spacial score (nSPS) is 32.1. The molecule has 1 rings (SSSR count). The van der Waals surface area contributed by atoms with Crippen LogP contribution in [0.15, 0.2) is 0 Å². The maximum atomic E-state index is 13.8.